The molecule has 1 amide bonds. The number of primary amides is 1. The van der Waals surface area contributed by atoms with Crippen molar-refractivity contribution >= 4 is 17.5 Å². The zero-order valence-corrected chi connectivity index (χ0v) is 12.4. The largest absolute Gasteiger partial charge is 0.489 e. The van der Waals surface area contributed by atoms with E-state index in [0.29, 0.717) is 22.9 Å². The van der Waals surface area contributed by atoms with Crippen LogP contribution in [0.15, 0.2) is 18.2 Å². The van der Waals surface area contributed by atoms with E-state index in [0.717, 1.165) is 13.1 Å². The number of carbonyl (C=O) groups excluding carboxylic acids is 1. The van der Waals surface area contributed by atoms with Crippen molar-refractivity contribution in [3.8, 4) is 5.75 Å². The molecule has 6 heteroatoms. The summed E-state index contributed by atoms with van der Waals surface area (Å²) in [5, 5.41) is 3.67. The average molecular weight is 299 g/mol. The second kappa shape index (κ2) is 5.99. The number of benzene rings is 1. The van der Waals surface area contributed by atoms with Gasteiger partial charge >= 0.3 is 0 Å². The van der Waals surface area contributed by atoms with Gasteiger partial charge in [0.25, 0.3) is 0 Å². The van der Waals surface area contributed by atoms with Crippen LogP contribution in [0.4, 0.5) is 0 Å². The van der Waals surface area contributed by atoms with Crippen LogP contribution in [0.5, 0.6) is 5.75 Å². The molecule has 1 fully saturated rings. The first-order valence-electron chi connectivity index (χ1n) is 6.48. The molecule has 1 aromatic rings. The fourth-order valence-electron chi connectivity index (χ4n) is 2.12. The molecule has 0 radical (unpaired) electrons. The zero-order chi connectivity index (χ0) is 14.8. The molecule has 2 rings (SSSR count). The van der Waals surface area contributed by atoms with E-state index < -0.39 is 5.91 Å². The molecule has 5 nitrogen and oxygen atoms in total. The van der Waals surface area contributed by atoms with Gasteiger partial charge in [-0.15, -0.1) is 0 Å². The van der Waals surface area contributed by atoms with E-state index in [1.54, 1.807) is 12.1 Å². The van der Waals surface area contributed by atoms with Crippen molar-refractivity contribution in [2.24, 2.45) is 5.73 Å². The van der Waals surface area contributed by atoms with E-state index in [-0.39, 0.29) is 11.7 Å². The van der Waals surface area contributed by atoms with E-state index in [1.165, 1.54) is 6.07 Å². The van der Waals surface area contributed by atoms with Crippen LogP contribution in [-0.4, -0.2) is 37.3 Å². The summed E-state index contributed by atoms with van der Waals surface area (Å²) in [6, 6.07) is 4.74. The zero-order valence-electron chi connectivity index (χ0n) is 11.6. The van der Waals surface area contributed by atoms with Crippen molar-refractivity contribution in [3.63, 3.8) is 0 Å². The molecule has 1 heterocycles. The summed E-state index contributed by atoms with van der Waals surface area (Å²) in [5.41, 5.74) is 5.34. The molecule has 1 saturated heterocycles. The summed E-state index contributed by atoms with van der Waals surface area (Å²) in [7, 11) is 0. The Morgan fingerprint density at radius 1 is 1.60 bits per heavy atom. The van der Waals surface area contributed by atoms with Gasteiger partial charge in [-0.3, -0.25) is 4.79 Å². The number of halogens is 1. The van der Waals surface area contributed by atoms with Gasteiger partial charge in [0.05, 0.1) is 10.6 Å². The molecule has 20 heavy (non-hydrogen) atoms. The Balaban J connectivity index is 1.95. The summed E-state index contributed by atoms with van der Waals surface area (Å²) in [6.07, 6.45) is -0.0365. The molecule has 1 aliphatic rings. The minimum absolute atomic E-state index is 0.0365. The Hall–Kier alpha value is -1.30. The summed E-state index contributed by atoms with van der Waals surface area (Å²) in [5.74, 6) is 0.00339. The lowest BCUT2D eigenvalue weighted by molar-refractivity contribution is -0.106. The number of amides is 1. The maximum absolute atomic E-state index is 11.0. The molecule has 1 unspecified atom stereocenters. The molecule has 1 aliphatic heterocycles. The van der Waals surface area contributed by atoms with Crippen LogP contribution in [0.25, 0.3) is 0 Å². The van der Waals surface area contributed by atoms with Crippen LogP contribution in [0.3, 0.4) is 0 Å². The summed E-state index contributed by atoms with van der Waals surface area (Å²) < 4.78 is 11.5. The first-order chi connectivity index (χ1) is 9.37. The number of hydrogen-bond donors (Lipinski definition) is 2. The first-order valence-corrected chi connectivity index (χ1v) is 6.86. The lowest BCUT2D eigenvalue weighted by Crippen LogP contribution is -2.52. The highest BCUT2D eigenvalue weighted by Crippen LogP contribution is 2.26. The molecule has 1 aromatic carbocycles. The molecule has 0 saturated carbocycles. The Kier molecular flexibility index (Phi) is 4.52. The fraction of sp³-hybridized carbons (Fsp3) is 0.500. The van der Waals surface area contributed by atoms with Crippen LogP contribution < -0.4 is 15.8 Å². The minimum atomic E-state index is -0.514. The van der Waals surface area contributed by atoms with Crippen LogP contribution in [0, 0.1) is 0 Å². The Morgan fingerprint density at radius 2 is 2.35 bits per heavy atom. The molecular weight excluding hydrogens is 280 g/mol. The Labute approximate surface area is 123 Å². The number of morpholine rings is 1. The van der Waals surface area contributed by atoms with E-state index in [1.807, 2.05) is 13.8 Å². The molecule has 0 aromatic heterocycles. The standard InChI is InChI=1S/C14H19ClN2O3/c1-14(2)8-17-6-10(20-14)7-19-12-4-3-9(13(16)18)5-11(12)15/h3-5,10,17H,6-8H2,1-2H3,(H2,16,18). The quantitative estimate of drug-likeness (QED) is 0.885. The second-order valence-electron chi connectivity index (χ2n) is 5.45. The molecule has 3 N–H and O–H groups in total. The van der Waals surface area contributed by atoms with Gasteiger partial charge in [0.2, 0.25) is 5.91 Å². The van der Waals surface area contributed by atoms with Crippen LogP contribution in [0.1, 0.15) is 24.2 Å². The smallest absolute Gasteiger partial charge is 0.248 e. The van der Waals surface area contributed by atoms with Gasteiger partial charge in [0.15, 0.2) is 0 Å². The average Bonchev–Trinajstić information content (AvgIpc) is 2.36. The number of carbonyl (C=O) groups is 1. The number of ether oxygens (including phenoxy) is 2. The first kappa shape index (κ1) is 15.1. The van der Waals surface area contributed by atoms with Crippen LogP contribution in [-0.2, 0) is 4.74 Å². The number of rotatable bonds is 4. The molecule has 0 bridgehead atoms. The van der Waals surface area contributed by atoms with Crippen molar-refractivity contribution in [1.29, 1.82) is 0 Å². The van der Waals surface area contributed by atoms with Gasteiger partial charge in [-0.25, -0.2) is 0 Å². The maximum Gasteiger partial charge on any atom is 0.248 e. The molecule has 0 aliphatic carbocycles. The van der Waals surface area contributed by atoms with Gasteiger partial charge in [0, 0.05) is 18.7 Å². The van der Waals surface area contributed by atoms with Crippen LogP contribution in [0.2, 0.25) is 5.02 Å². The molecule has 1 atom stereocenters. The third-order valence-electron chi connectivity index (χ3n) is 3.05. The molecular formula is C14H19ClN2O3. The Morgan fingerprint density at radius 3 is 2.95 bits per heavy atom. The lowest BCUT2D eigenvalue weighted by atomic mass is 10.1. The van der Waals surface area contributed by atoms with E-state index in [4.69, 9.17) is 26.8 Å². The lowest BCUT2D eigenvalue weighted by Gasteiger charge is -2.36. The van der Waals surface area contributed by atoms with Crippen molar-refractivity contribution in [3.05, 3.63) is 28.8 Å². The van der Waals surface area contributed by atoms with Gasteiger partial charge in [-0.1, -0.05) is 11.6 Å². The summed E-state index contributed by atoms with van der Waals surface area (Å²) in [4.78, 5) is 11.0. The van der Waals surface area contributed by atoms with Gasteiger partial charge in [-0.2, -0.15) is 0 Å². The van der Waals surface area contributed by atoms with Gasteiger partial charge in [-0.05, 0) is 32.0 Å². The summed E-state index contributed by atoms with van der Waals surface area (Å²) >= 11 is 6.06. The van der Waals surface area contributed by atoms with Crippen molar-refractivity contribution in [2.45, 2.75) is 25.6 Å². The third-order valence-corrected chi connectivity index (χ3v) is 3.34. The summed E-state index contributed by atoms with van der Waals surface area (Å²) in [6.45, 7) is 6.01. The van der Waals surface area contributed by atoms with E-state index in [2.05, 4.69) is 5.32 Å². The van der Waals surface area contributed by atoms with Gasteiger partial charge < -0.3 is 20.5 Å². The van der Waals surface area contributed by atoms with Crippen LogP contribution >= 0.6 is 11.6 Å². The topological polar surface area (TPSA) is 73.6 Å². The predicted molar refractivity (Wildman–Crippen MR) is 77.3 cm³/mol. The number of nitrogens with two attached hydrogens (primary N) is 1. The van der Waals surface area contributed by atoms with E-state index >= 15 is 0 Å². The maximum atomic E-state index is 11.0. The van der Waals surface area contributed by atoms with Crippen molar-refractivity contribution in [1.82, 2.24) is 5.32 Å². The van der Waals surface area contributed by atoms with E-state index in [9.17, 15) is 4.79 Å². The Bertz CT molecular complexity index is 505. The number of hydrogen-bond acceptors (Lipinski definition) is 4. The predicted octanol–water partition coefficient (Wildman–Crippen LogP) is 1.58. The highest BCUT2D eigenvalue weighted by Gasteiger charge is 2.28. The second-order valence-corrected chi connectivity index (χ2v) is 5.86. The monoisotopic (exact) mass is 298 g/mol. The minimum Gasteiger partial charge on any atom is -0.489 e. The highest BCUT2D eigenvalue weighted by molar-refractivity contribution is 6.32. The molecule has 0 spiro atoms. The fourth-order valence-corrected chi connectivity index (χ4v) is 2.35. The normalized spacial score (nSPS) is 21.4. The molecule has 110 valence electrons. The highest BCUT2D eigenvalue weighted by atomic mass is 35.5. The third kappa shape index (κ3) is 3.85. The SMILES string of the molecule is CC1(C)CNCC(COc2ccc(C(N)=O)cc2Cl)O1. The van der Waals surface area contributed by atoms with Crippen molar-refractivity contribution < 1.29 is 14.3 Å². The van der Waals surface area contributed by atoms with Gasteiger partial charge in [0.1, 0.15) is 18.5 Å². The number of nitrogens with one attached hydrogen (secondary N) is 1. The van der Waals surface area contributed by atoms with Crippen molar-refractivity contribution in [2.75, 3.05) is 19.7 Å².